The highest BCUT2D eigenvalue weighted by Gasteiger charge is 1.89. The summed E-state index contributed by atoms with van der Waals surface area (Å²) in [6, 6.07) is 0. The first kappa shape index (κ1) is 157. The van der Waals surface area contributed by atoms with E-state index in [1.54, 1.807) is 30.6 Å². The molecule has 17 heteroatoms. The van der Waals surface area contributed by atoms with Gasteiger partial charge in [-0.1, -0.05) is 339 Å². The topological polar surface area (TPSA) is 175 Å². The van der Waals surface area contributed by atoms with Crippen molar-refractivity contribution in [3.63, 3.8) is 0 Å². The Morgan fingerprint density at radius 1 is 0.323 bits per heavy atom. The summed E-state index contributed by atoms with van der Waals surface area (Å²) in [6.07, 6.45) is 35.6. The van der Waals surface area contributed by atoms with E-state index in [1.165, 1.54) is 62.9 Å². The number of nitrogens with one attached hydrogen (secondary N) is 4. The summed E-state index contributed by atoms with van der Waals surface area (Å²) < 4.78 is 9.42. The van der Waals surface area contributed by atoms with E-state index in [-0.39, 0.29) is 0 Å². The van der Waals surface area contributed by atoms with Crippen LogP contribution >= 0.6 is 23.5 Å². The fourth-order valence-corrected chi connectivity index (χ4v) is 5.04. The first-order valence-electron chi connectivity index (χ1n) is 41.4. The molecule has 0 aromatic carbocycles. The highest BCUT2D eigenvalue weighted by atomic mass is 32.2. The number of nitrogens with zero attached hydrogens (tertiary/aromatic N) is 8. The Morgan fingerprint density at radius 2 is 0.859 bits per heavy atom. The normalized spacial score (nSPS) is 12.3. The van der Waals surface area contributed by atoms with E-state index in [9.17, 15) is 0 Å². The highest BCUT2D eigenvalue weighted by molar-refractivity contribution is 8.12. The number of hydrogen-bond donors (Lipinski definition) is 4. The maximum atomic E-state index is 4.76. The molecular formula is C82H198N12O3S2. The molecule has 0 amide bonds. The SMILES string of the molecule is C1=CCCC1.C1=CNCC1.C1=COCC1.C1=CSCC1.C1=NCCC1.C1=NCCN1.C1=NCCO1.C1=NCCS1.C1=NNCC1.C1=NOCC1.C1CNN=N1.CC.CC.CC.CC.CC.CC.CC.CC.CC.CC.CC.CC.CC.CC.CC.CC.CC.CC.CC.CC.CC.CC. The fraction of sp³-hybridized carbons (Fsp3) is 0.829. The molecule has 11 aliphatic rings. The smallest absolute Gasteiger partial charge is 0.169 e. The molecule has 4 N–H and O–H groups in total. The van der Waals surface area contributed by atoms with E-state index >= 15 is 0 Å². The second-order valence-electron chi connectivity index (χ2n) is 11.4. The molecule has 10 heterocycles. The maximum absolute atomic E-state index is 4.76. The summed E-state index contributed by atoms with van der Waals surface area (Å²) in [4.78, 5) is 20.0. The lowest BCUT2D eigenvalue weighted by atomic mass is 10.4. The van der Waals surface area contributed by atoms with Crippen LogP contribution in [0.25, 0.3) is 0 Å². The molecule has 0 atom stereocenters. The van der Waals surface area contributed by atoms with Crippen LogP contribution in [0.2, 0.25) is 0 Å². The first-order valence-corrected chi connectivity index (χ1v) is 43.5. The van der Waals surface area contributed by atoms with Crippen molar-refractivity contribution in [1.29, 1.82) is 0 Å². The van der Waals surface area contributed by atoms with E-state index < -0.39 is 0 Å². The zero-order valence-corrected chi connectivity index (χ0v) is 78.3. The molecule has 0 spiro atoms. The summed E-state index contributed by atoms with van der Waals surface area (Å²) in [5, 5.41) is 22.3. The third-order valence-electron chi connectivity index (χ3n) is 6.60. The van der Waals surface area contributed by atoms with Crippen LogP contribution in [0.1, 0.15) is 369 Å². The lowest BCUT2D eigenvalue weighted by molar-refractivity contribution is 0.174. The minimum Gasteiger partial charge on any atom is -0.501 e. The standard InChI is InChI=1S/C5H8.2C4H7N.C4H6O.C4H6S.2C3H6N2.2C3H5NO.C3H5NS.C2H5N3.22C2H6/c5*1-2-4-5-3-1;1-2-5-3-4-1;1-2-4-5-3-1;1-2-5-3-4-1;1-2-4-5-3-1;1-2-5-3-4-1;1-2-4-5-3-1;22*1-2/h1-2H,3-5H2;3H,1-2,4H2;1,3,5H,2,4H2;2*1,3H,2,4H2;3H,1-2H2,(H,4,5);2,5H,1,3H2;3H,1-2H2;2H,1,3H2;3H,1-2H2;1-2H2,(H,3,4);22*1-2H3. The number of aliphatic imine (C=N–C) groups is 4. The van der Waals surface area contributed by atoms with Gasteiger partial charge in [0.1, 0.15) is 13.2 Å². The molecule has 0 radical (unpaired) electrons. The zero-order chi connectivity index (χ0) is 82.9. The molecule has 616 valence electrons. The van der Waals surface area contributed by atoms with Crippen molar-refractivity contribution in [3.05, 3.63) is 48.3 Å². The average molecular weight is 1460 g/mol. The van der Waals surface area contributed by atoms with Crippen molar-refractivity contribution in [3.8, 4) is 0 Å². The lowest BCUT2D eigenvalue weighted by Gasteiger charge is -1.79. The van der Waals surface area contributed by atoms with Crippen LogP contribution in [0.3, 0.4) is 0 Å². The molecule has 0 aromatic rings. The Balaban J connectivity index is -0.0000000313. The van der Waals surface area contributed by atoms with E-state index in [2.05, 4.69) is 101 Å². The van der Waals surface area contributed by atoms with Gasteiger partial charge in [-0.05, 0) is 68.8 Å². The predicted octanol–water partition coefficient (Wildman–Crippen LogP) is 28.9. The quantitative estimate of drug-likeness (QED) is 0.172. The largest absolute Gasteiger partial charge is 0.501 e. The summed E-state index contributed by atoms with van der Waals surface area (Å²) >= 11 is 3.68. The molecule has 0 unspecified atom stereocenters. The van der Waals surface area contributed by atoms with Crippen LogP contribution in [0.5, 0.6) is 0 Å². The molecule has 0 saturated heterocycles. The molecule has 10 aliphatic heterocycles. The van der Waals surface area contributed by atoms with Crippen molar-refractivity contribution in [2.75, 3.05) is 90.2 Å². The third kappa shape index (κ3) is 306. The number of ether oxygens (including phenoxy) is 2. The van der Waals surface area contributed by atoms with E-state index in [4.69, 9.17) is 4.74 Å². The van der Waals surface area contributed by atoms with Crippen molar-refractivity contribution < 1.29 is 14.3 Å². The van der Waals surface area contributed by atoms with Gasteiger partial charge >= 0.3 is 0 Å². The fourth-order valence-electron chi connectivity index (χ4n) is 3.83. The van der Waals surface area contributed by atoms with Crippen LogP contribution in [-0.4, -0.2) is 127 Å². The average Bonchev–Trinajstić information content (AvgIpc) is 4.57. The molecule has 1 aliphatic carbocycles. The van der Waals surface area contributed by atoms with Crippen molar-refractivity contribution in [1.82, 2.24) is 21.5 Å². The monoisotopic (exact) mass is 1460 g/mol. The van der Waals surface area contributed by atoms with Crippen LogP contribution < -0.4 is 21.5 Å². The predicted molar refractivity (Wildman–Crippen MR) is 487 cm³/mol. The Labute approximate surface area is 640 Å². The molecule has 99 heavy (non-hydrogen) atoms. The second kappa shape index (κ2) is 313. The number of allylic oxidation sites excluding steroid dienone is 3. The minimum absolute atomic E-state index is 0.778. The van der Waals surface area contributed by atoms with Gasteiger partial charge in [0.05, 0.1) is 50.9 Å². The molecular weight excluding hydrogens is 1270 g/mol. The molecule has 0 bridgehead atoms. The van der Waals surface area contributed by atoms with Gasteiger partial charge in [-0.2, -0.15) is 10.2 Å². The van der Waals surface area contributed by atoms with Crippen molar-refractivity contribution in [2.45, 2.75) is 369 Å². The number of rotatable bonds is 0. The van der Waals surface area contributed by atoms with Gasteiger partial charge in [-0.3, -0.25) is 25.4 Å². The number of thioether (sulfide) groups is 2. The molecule has 0 saturated carbocycles. The van der Waals surface area contributed by atoms with Gasteiger partial charge in [0.25, 0.3) is 0 Å². The molecule has 15 nitrogen and oxygen atoms in total. The van der Waals surface area contributed by atoms with Crippen LogP contribution in [-0.2, 0) is 14.3 Å². The zero-order valence-electron chi connectivity index (χ0n) is 76.7. The van der Waals surface area contributed by atoms with Gasteiger partial charge in [0.2, 0.25) is 0 Å². The van der Waals surface area contributed by atoms with Gasteiger partial charge in [0.15, 0.2) is 6.40 Å². The van der Waals surface area contributed by atoms with Crippen LogP contribution in [0.15, 0.2) is 88.8 Å². The Bertz CT molecular complexity index is 808. The Kier molecular flexibility index (Phi) is 497. The minimum atomic E-state index is 0.778. The Morgan fingerprint density at radius 3 is 0.970 bits per heavy atom. The third-order valence-corrected chi connectivity index (χ3v) is 8.17. The lowest BCUT2D eigenvalue weighted by Crippen LogP contribution is -2.04. The van der Waals surface area contributed by atoms with Gasteiger partial charge < -0.3 is 30.4 Å². The molecule has 11 rings (SSSR count). The van der Waals surface area contributed by atoms with E-state index in [1.807, 2.05) is 347 Å². The van der Waals surface area contributed by atoms with Gasteiger partial charge in [0, 0.05) is 75.9 Å². The van der Waals surface area contributed by atoms with Gasteiger partial charge in [-0.25, -0.2) is 0 Å². The summed E-state index contributed by atoms with van der Waals surface area (Å²) in [5.41, 5.74) is 7.38. The van der Waals surface area contributed by atoms with Crippen molar-refractivity contribution >= 4 is 60.5 Å². The van der Waals surface area contributed by atoms with E-state index in [0.717, 1.165) is 98.0 Å². The first-order chi connectivity index (χ1) is 49.5. The molecule has 0 fully saturated rings. The van der Waals surface area contributed by atoms with Crippen molar-refractivity contribution in [2.24, 2.45) is 40.6 Å². The highest BCUT2D eigenvalue weighted by Crippen LogP contribution is 2.11. The number of hydrogen-bond acceptors (Lipinski definition) is 17. The number of hydrazone groups is 1. The summed E-state index contributed by atoms with van der Waals surface area (Å²) in [6.45, 7) is 99.3. The van der Waals surface area contributed by atoms with Crippen LogP contribution in [0, 0.1) is 0 Å². The van der Waals surface area contributed by atoms with E-state index in [0.29, 0.717) is 0 Å². The summed E-state index contributed by atoms with van der Waals surface area (Å²) in [5.74, 6) is 2.50. The number of oxime groups is 1. The van der Waals surface area contributed by atoms with Gasteiger partial charge in [-0.15, -0.1) is 23.5 Å². The molecule has 0 aromatic heterocycles. The Hall–Kier alpha value is -4.12. The maximum Gasteiger partial charge on any atom is 0.169 e. The van der Waals surface area contributed by atoms with Crippen LogP contribution in [0.4, 0.5) is 0 Å². The summed E-state index contributed by atoms with van der Waals surface area (Å²) in [7, 11) is 0. The second-order valence-corrected chi connectivity index (χ2v) is 13.4.